The molecule has 0 atom stereocenters. The van der Waals surface area contributed by atoms with Crippen LogP contribution in [0.5, 0.6) is 0 Å². The molecular formula is C7H10N2O. The van der Waals surface area contributed by atoms with Crippen molar-refractivity contribution in [1.82, 2.24) is 10.2 Å². The summed E-state index contributed by atoms with van der Waals surface area (Å²) in [7, 11) is 0. The molecular weight excluding hydrogens is 128 g/mol. The van der Waals surface area contributed by atoms with E-state index in [1.165, 1.54) is 0 Å². The number of hydrogen-bond donors (Lipinski definition) is 1. The van der Waals surface area contributed by atoms with Gasteiger partial charge in [-0.25, -0.2) is 0 Å². The molecule has 3 nitrogen and oxygen atoms in total. The Morgan fingerprint density at radius 3 is 2.90 bits per heavy atom. The molecule has 54 valence electrons. The van der Waals surface area contributed by atoms with Crippen molar-refractivity contribution in [2.75, 3.05) is 6.61 Å². The van der Waals surface area contributed by atoms with E-state index in [-0.39, 0.29) is 6.61 Å². The van der Waals surface area contributed by atoms with Gasteiger partial charge in [0.1, 0.15) is 0 Å². The van der Waals surface area contributed by atoms with Crippen LogP contribution in [0.25, 0.3) is 0 Å². The van der Waals surface area contributed by atoms with E-state index in [0.717, 1.165) is 18.4 Å². The van der Waals surface area contributed by atoms with Gasteiger partial charge >= 0.3 is 0 Å². The Hall–Kier alpha value is -0.960. The van der Waals surface area contributed by atoms with E-state index in [2.05, 4.69) is 10.2 Å². The molecule has 0 amide bonds. The van der Waals surface area contributed by atoms with Crippen molar-refractivity contribution in [3.63, 3.8) is 0 Å². The summed E-state index contributed by atoms with van der Waals surface area (Å²) in [6.45, 7) is 0.238. The van der Waals surface area contributed by atoms with Crippen LogP contribution in [-0.2, 0) is 6.42 Å². The molecule has 0 aliphatic carbocycles. The Balaban J connectivity index is 2.43. The van der Waals surface area contributed by atoms with Gasteiger partial charge in [0.15, 0.2) is 0 Å². The van der Waals surface area contributed by atoms with Gasteiger partial charge in [0.05, 0.1) is 6.20 Å². The van der Waals surface area contributed by atoms with Gasteiger partial charge in [0.25, 0.3) is 0 Å². The van der Waals surface area contributed by atoms with Crippen LogP contribution in [0.1, 0.15) is 12.0 Å². The van der Waals surface area contributed by atoms with E-state index < -0.39 is 0 Å². The predicted molar refractivity (Wildman–Crippen MR) is 37.4 cm³/mol. The maximum Gasteiger partial charge on any atom is 0.0528 e. The SMILES string of the molecule is OCCCc1ccnnc1. The largest absolute Gasteiger partial charge is 0.396 e. The van der Waals surface area contributed by atoms with Crippen molar-refractivity contribution in [3.05, 3.63) is 24.0 Å². The summed E-state index contributed by atoms with van der Waals surface area (Å²) < 4.78 is 0. The summed E-state index contributed by atoms with van der Waals surface area (Å²) in [5.41, 5.74) is 1.13. The highest BCUT2D eigenvalue weighted by Gasteiger charge is 1.89. The number of nitrogens with zero attached hydrogens (tertiary/aromatic N) is 2. The molecule has 0 radical (unpaired) electrons. The van der Waals surface area contributed by atoms with Gasteiger partial charge in [-0.1, -0.05) is 0 Å². The van der Waals surface area contributed by atoms with Gasteiger partial charge in [-0.05, 0) is 24.5 Å². The number of aryl methyl sites for hydroxylation is 1. The Kier molecular flexibility index (Phi) is 2.83. The lowest BCUT2D eigenvalue weighted by Gasteiger charge is -1.94. The van der Waals surface area contributed by atoms with Crippen LogP contribution in [0, 0.1) is 0 Å². The minimum absolute atomic E-state index is 0.238. The van der Waals surface area contributed by atoms with E-state index in [9.17, 15) is 0 Å². The second kappa shape index (κ2) is 3.95. The van der Waals surface area contributed by atoms with Crippen molar-refractivity contribution >= 4 is 0 Å². The fraction of sp³-hybridized carbons (Fsp3) is 0.429. The highest BCUT2D eigenvalue weighted by Crippen LogP contribution is 1.97. The lowest BCUT2D eigenvalue weighted by Crippen LogP contribution is -1.90. The van der Waals surface area contributed by atoms with Crippen molar-refractivity contribution in [2.24, 2.45) is 0 Å². The van der Waals surface area contributed by atoms with E-state index in [1.54, 1.807) is 12.4 Å². The molecule has 0 fully saturated rings. The van der Waals surface area contributed by atoms with Crippen LogP contribution < -0.4 is 0 Å². The lowest BCUT2D eigenvalue weighted by atomic mass is 10.2. The standard InChI is InChI=1S/C7H10N2O/c10-5-1-2-7-3-4-8-9-6-7/h3-4,6,10H,1-2,5H2. The number of aromatic nitrogens is 2. The normalized spacial score (nSPS) is 9.70. The van der Waals surface area contributed by atoms with Crippen LogP contribution in [0.4, 0.5) is 0 Å². The first-order valence-electron chi connectivity index (χ1n) is 3.30. The first kappa shape index (κ1) is 7.15. The average molecular weight is 138 g/mol. The van der Waals surface area contributed by atoms with E-state index in [1.807, 2.05) is 6.07 Å². The Bertz CT molecular complexity index is 176. The topological polar surface area (TPSA) is 46.0 Å². The Labute approximate surface area is 59.7 Å². The summed E-state index contributed by atoms with van der Waals surface area (Å²) in [4.78, 5) is 0. The van der Waals surface area contributed by atoms with Crippen molar-refractivity contribution < 1.29 is 5.11 Å². The molecule has 0 aliphatic heterocycles. The van der Waals surface area contributed by atoms with E-state index >= 15 is 0 Å². The van der Waals surface area contributed by atoms with Crippen LogP contribution >= 0.6 is 0 Å². The second-order valence-electron chi connectivity index (χ2n) is 2.08. The smallest absolute Gasteiger partial charge is 0.0528 e. The number of aliphatic hydroxyl groups excluding tert-OH is 1. The molecule has 0 aromatic carbocycles. The van der Waals surface area contributed by atoms with Crippen LogP contribution in [-0.4, -0.2) is 21.9 Å². The molecule has 0 spiro atoms. The lowest BCUT2D eigenvalue weighted by molar-refractivity contribution is 0.288. The molecule has 0 unspecified atom stereocenters. The van der Waals surface area contributed by atoms with Crippen molar-refractivity contribution in [3.8, 4) is 0 Å². The zero-order valence-corrected chi connectivity index (χ0v) is 5.70. The summed E-state index contributed by atoms with van der Waals surface area (Å²) in [5, 5.41) is 15.8. The third-order valence-corrected chi connectivity index (χ3v) is 1.27. The highest BCUT2D eigenvalue weighted by molar-refractivity contribution is 5.04. The van der Waals surface area contributed by atoms with E-state index in [4.69, 9.17) is 5.11 Å². The molecule has 1 rings (SSSR count). The maximum atomic E-state index is 8.49. The highest BCUT2D eigenvalue weighted by atomic mass is 16.2. The summed E-state index contributed by atoms with van der Waals surface area (Å²) in [5.74, 6) is 0. The molecule has 3 heteroatoms. The molecule has 0 bridgehead atoms. The van der Waals surface area contributed by atoms with Crippen molar-refractivity contribution in [1.29, 1.82) is 0 Å². The van der Waals surface area contributed by atoms with Crippen LogP contribution in [0.2, 0.25) is 0 Å². The van der Waals surface area contributed by atoms with Gasteiger partial charge in [0.2, 0.25) is 0 Å². The molecule has 0 aliphatic rings. The molecule has 0 saturated carbocycles. The Morgan fingerprint density at radius 2 is 2.30 bits per heavy atom. The fourth-order valence-electron chi connectivity index (χ4n) is 0.749. The van der Waals surface area contributed by atoms with Gasteiger partial charge in [-0.3, -0.25) is 0 Å². The van der Waals surface area contributed by atoms with Crippen LogP contribution in [0.3, 0.4) is 0 Å². The number of aliphatic hydroxyl groups is 1. The summed E-state index contributed by atoms with van der Waals surface area (Å²) in [6.07, 6.45) is 5.06. The summed E-state index contributed by atoms with van der Waals surface area (Å²) >= 11 is 0. The average Bonchev–Trinajstić information content (AvgIpc) is 2.03. The minimum atomic E-state index is 0.238. The predicted octanol–water partition coefficient (Wildman–Crippen LogP) is 0.401. The van der Waals surface area contributed by atoms with Gasteiger partial charge < -0.3 is 5.11 Å². The quantitative estimate of drug-likeness (QED) is 0.657. The van der Waals surface area contributed by atoms with Crippen molar-refractivity contribution in [2.45, 2.75) is 12.8 Å². The minimum Gasteiger partial charge on any atom is -0.396 e. The number of rotatable bonds is 3. The Morgan fingerprint density at radius 1 is 1.40 bits per heavy atom. The molecule has 1 aromatic rings. The van der Waals surface area contributed by atoms with Gasteiger partial charge in [-0.2, -0.15) is 10.2 Å². The second-order valence-corrected chi connectivity index (χ2v) is 2.08. The zero-order chi connectivity index (χ0) is 7.23. The molecule has 10 heavy (non-hydrogen) atoms. The third-order valence-electron chi connectivity index (χ3n) is 1.27. The first-order valence-corrected chi connectivity index (χ1v) is 3.30. The molecule has 1 N–H and O–H groups in total. The first-order chi connectivity index (χ1) is 4.93. The molecule has 1 aromatic heterocycles. The van der Waals surface area contributed by atoms with Gasteiger partial charge in [-0.15, -0.1) is 0 Å². The van der Waals surface area contributed by atoms with E-state index in [0.29, 0.717) is 0 Å². The van der Waals surface area contributed by atoms with Crippen LogP contribution in [0.15, 0.2) is 18.5 Å². The fourth-order valence-corrected chi connectivity index (χ4v) is 0.749. The zero-order valence-electron chi connectivity index (χ0n) is 5.70. The maximum absolute atomic E-state index is 8.49. The molecule has 1 heterocycles. The third kappa shape index (κ3) is 2.11. The van der Waals surface area contributed by atoms with Gasteiger partial charge in [0, 0.05) is 12.8 Å². The number of hydrogen-bond acceptors (Lipinski definition) is 3. The summed E-state index contributed by atoms with van der Waals surface area (Å²) in [6, 6.07) is 1.91. The monoisotopic (exact) mass is 138 g/mol. The molecule has 0 saturated heterocycles.